The minimum absolute atomic E-state index is 0.155. The molecule has 1 aromatic carbocycles. The molecule has 0 fully saturated rings. The topological polar surface area (TPSA) is 52.5 Å². The van der Waals surface area contributed by atoms with Gasteiger partial charge in [0.05, 0.1) is 5.69 Å². The molecular formula is C10H11NO2. The Labute approximate surface area is 76.3 Å². The van der Waals surface area contributed by atoms with E-state index in [-0.39, 0.29) is 5.75 Å². The van der Waals surface area contributed by atoms with Gasteiger partial charge in [-0.1, -0.05) is 18.2 Å². The van der Waals surface area contributed by atoms with Crippen LogP contribution in [0.4, 0.5) is 5.69 Å². The van der Waals surface area contributed by atoms with E-state index in [1.54, 1.807) is 31.2 Å². The third-order valence-electron chi connectivity index (χ3n) is 2.04. The molecule has 1 atom stereocenters. The third-order valence-corrected chi connectivity index (χ3v) is 2.04. The Kier molecular flexibility index (Phi) is 1.57. The molecule has 0 aliphatic carbocycles. The van der Waals surface area contributed by atoms with E-state index in [1.165, 1.54) is 0 Å². The summed E-state index contributed by atoms with van der Waals surface area (Å²) in [5, 5.41) is 21.9. The van der Waals surface area contributed by atoms with Crippen LogP contribution in [-0.4, -0.2) is 15.9 Å². The molecule has 0 bridgehead atoms. The van der Waals surface area contributed by atoms with Gasteiger partial charge in [-0.2, -0.15) is 0 Å². The molecule has 0 saturated heterocycles. The van der Waals surface area contributed by atoms with Gasteiger partial charge in [0, 0.05) is 5.56 Å². The number of nitrogens with one attached hydrogen (secondary N) is 1. The minimum Gasteiger partial charge on any atom is -0.506 e. The van der Waals surface area contributed by atoms with Gasteiger partial charge in [0.1, 0.15) is 5.75 Å². The zero-order chi connectivity index (χ0) is 9.47. The number of rotatable bonds is 0. The first-order valence-corrected chi connectivity index (χ1v) is 4.10. The van der Waals surface area contributed by atoms with Crippen LogP contribution in [0.2, 0.25) is 0 Å². The summed E-state index contributed by atoms with van der Waals surface area (Å²) >= 11 is 0. The molecule has 13 heavy (non-hydrogen) atoms. The fourth-order valence-electron chi connectivity index (χ4n) is 1.38. The number of phenolic OH excluding ortho intramolecular Hbond substituents is 1. The quantitative estimate of drug-likeness (QED) is 0.527. The summed E-state index contributed by atoms with van der Waals surface area (Å²) in [4.78, 5) is 0. The van der Waals surface area contributed by atoms with Gasteiger partial charge in [0.2, 0.25) is 0 Å². The molecule has 3 nitrogen and oxygen atoms in total. The van der Waals surface area contributed by atoms with Crippen LogP contribution in [0.3, 0.4) is 0 Å². The van der Waals surface area contributed by atoms with E-state index >= 15 is 0 Å². The average molecular weight is 177 g/mol. The van der Waals surface area contributed by atoms with E-state index in [0.29, 0.717) is 5.69 Å². The number of aliphatic hydroxyl groups is 1. The lowest BCUT2D eigenvalue weighted by atomic mass is 10.0. The number of fused-ring (bicyclic) bond motifs is 1. The van der Waals surface area contributed by atoms with Crippen LogP contribution >= 0.6 is 0 Å². The molecule has 68 valence electrons. The number of hydrogen-bond donors (Lipinski definition) is 3. The molecule has 3 N–H and O–H groups in total. The predicted molar refractivity (Wildman–Crippen MR) is 51.4 cm³/mol. The Hall–Kier alpha value is -1.48. The lowest BCUT2D eigenvalue weighted by Crippen LogP contribution is -2.33. The van der Waals surface area contributed by atoms with Crippen molar-refractivity contribution in [2.24, 2.45) is 0 Å². The number of aromatic hydroxyl groups is 1. The molecule has 1 unspecified atom stereocenters. The Morgan fingerprint density at radius 1 is 1.38 bits per heavy atom. The molecule has 0 amide bonds. The van der Waals surface area contributed by atoms with Gasteiger partial charge in [-0.3, -0.25) is 0 Å². The van der Waals surface area contributed by atoms with E-state index in [2.05, 4.69) is 5.32 Å². The van der Waals surface area contributed by atoms with Crippen molar-refractivity contribution in [3.8, 4) is 5.75 Å². The van der Waals surface area contributed by atoms with Gasteiger partial charge >= 0.3 is 0 Å². The minimum atomic E-state index is -1.08. The zero-order valence-corrected chi connectivity index (χ0v) is 7.28. The maximum atomic E-state index is 9.64. The summed E-state index contributed by atoms with van der Waals surface area (Å²) in [7, 11) is 0. The van der Waals surface area contributed by atoms with Gasteiger partial charge in [-0.25, -0.2) is 0 Å². The van der Waals surface area contributed by atoms with Crippen molar-refractivity contribution in [1.29, 1.82) is 0 Å². The third kappa shape index (κ3) is 1.38. The Morgan fingerprint density at radius 3 is 2.92 bits per heavy atom. The van der Waals surface area contributed by atoms with Crippen LogP contribution in [0, 0.1) is 0 Å². The van der Waals surface area contributed by atoms with E-state index < -0.39 is 5.72 Å². The maximum Gasteiger partial charge on any atom is 0.152 e. The lowest BCUT2D eigenvalue weighted by Gasteiger charge is -2.27. The second-order valence-corrected chi connectivity index (χ2v) is 3.35. The van der Waals surface area contributed by atoms with Crippen molar-refractivity contribution in [2.45, 2.75) is 12.6 Å². The number of para-hydroxylation sites is 1. The second kappa shape index (κ2) is 2.50. The molecular weight excluding hydrogens is 166 g/mol. The molecule has 0 aromatic heterocycles. The van der Waals surface area contributed by atoms with Crippen molar-refractivity contribution < 1.29 is 10.2 Å². The average Bonchev–Trinajstić information content (AvgIpc) is 2.06. The number of benzene rings is 1. The monoisotopic (exact) mass is 177 g/mol. The standard InChI is InChI=1S/C10H11NO2/c1-10(13)6-5-7-3-2-4-8(12)9(7)11-10/h2-6,11-13H,1H3. The van der Waals surface area contributed by atoms with Gasteiger partial charge in [-0.05, 0) is 19.1 Å². The van der Waals surface area contributed by atoms with E-state index in [1.807, 2.05) is 6.07 Å². The van der Waals surface area contributed by atoms with Crippen molar-refractivity contribution in [1.82, 2.24) is 0 Å². The zero-order valence-electron chi connectivity index (χ0n) is 7.28. The Morgan fingerprint density at radius 2 is 2.15 bits per heavy atom. The van der Waals surface area contributed by atoms with Crippen LogP contribution in [0.25, 0.3) is 6.08 Å². The van der Waals surface area contributed by atoms with E-state index in [4.69, 9.17) is 0 Å². The highest BCUT2D eigenvalue weighted by molar-refractivity contribution is 5.76. The van der Waals surface area contributed by atoms with Crippen molar-refractivity contribution >= 4 is 11.8 Å². The highest BCUT2D eigenvalue weighted by Gasteiger charge is 2.22. The van der Waals surface area contributed by atoms with Crippen LogP contribution in [0.15, 0.2) is 24.3 Å². The van der Waals surface area contributed by atoms with Crippen molar-refractivity contribution in [3.63, 3.8) is 0 Å². The second-order valence-electron chi connectivity index (χ2n) is 3.35. The summed E-state index contributed by atoms with van der Waals surface area (Å²) in [5.41, 5.74) is 0.382. The van der Waals surface area contributed by atoms with E-state index in [9.17, 15) is 10.2 Å². The predicted octanol–water partition coefficient (Wildman–Crippen LogP) is 1.54. The van der Waals surface area contributed by atoms with Crippen LogP contribution in [-0.2, 0) is 0 Å². The van der Waals surface area contributed by atoms with Gasteiger partial charge in [0.25, 0.3) is 0 Å². The Balaban J connectivity index is 2.54. The molecule has 0 radical (unpaired) electrons. The van der Waals surface area contributed by atoms with Crippen LogP contribution < -0.4 is 5.32 Å². The molecule has 1 heterocycles. The summed E-state index contributed by atoms with van der Waals surface area (Å²) in [6, 6.07) is 5.22. The number of phenols is 1. The highest BCUT2D eigenvalue weighted by atomic mass is 16.3. The summed E-state index contributed by atoms with van der Waals surface area (Å²) in [6.45, 7) is 1.62. The smallest absolute Gasteiger partial charge is 0.152 e. The molecule has 2 rings (SSSR count). The first-order valence-electron chi connectivity index (χ1n) is 4.10. The molecule has 1 aliphatic rings. The molecule has 3 heteroatoms. The Bertz CT molecular complexity index is 369. The van der Waals surface area contributed by atoms with E-state index in [0.717, 1.165) is 5.56 Å². The van der Waals surface area contributed by atoms with Gasteiger partial charge < -0.3 is 15.5 Å². The summed E-state index contributed by atoms with van der Waals surface area (Å²) in [6.07, 6.45) is 3.43. The first-order chi connectivity index (χ1) is 6.08. The number of hydrogen-bond acceptors (Lipinski definition) is 3. The molecule has 0 spiro atoms. The van der Waals surface area contributed by atoms with Gasteiger partial charge in [-0.15, -0.1) is 0 Å². The lowest BCUT2D eigenvalue weighted by molar-refractivity contribution is 0.142. The fraction of sp³-hybridized carbons (Fsp3) is 0.200. The summed E-state index contributed by atoms with van der Waals surface area (Å²) in [5.74, 6) is 0.155. The molecule has 1 aromatic rings. The molecule has 0 saturated carbocycles. The summed E-state index contributed by atoms with van der Waals surface area (Å²) < 4.78 is 0. The first kappa shape index (κ1) is 8.13. The van der Waals surface area contributed by atoms with Crippen LogP contribution in [0.5, 0.6) is 5.75 Å². The highest BCUT2D eigenvalue weighted by Crippen LogP contribution is 2.33. The maximum absolute atomic E-state index is 9.64. The normalized spacial score (nSPS) is 25.1. The SMILES string of the molecule is CC1(O)C=Cc2cccc(O)c2N1. The largest absolute Gasteiger partial charge is 0.506 e. The number of anilines is 1. The van der Waals surface area contributed by atoms with Gasteiger partial charge in [0.15, 0.2) is 5.72 Å². The van der Waals surface area contributed by atoms with Crippen molar-refractivity contribution in [3.05, 3.63) is 29.8 Å². The van der Waals surface area contributed by atoms with Crippen LogP contribution in [0.1, 0.15) is 12.5 Å². The fourth-order valence-corrected chi connectivity index (χ4v) is 1.38. The molecule has 1 aliphatic heterocycles. The van der Waals surface area contributed by atoms with Crippen molar-refractivity contribution in [2.75, 3.05) is 5.32 Å².